The number of carbonyl (C=O) groups is 1. The van der Waals surface area contributed by atoms with E-state index in [9.17, 15) is 36.2 Å². The van der Waals surface area contributed by atoms with Gasteiger partial charge in [-0.25, -0.2) is 0 Å². The third-order valence-electron chi connectivity index (χ3n) is 2.69. The minimum Gasteiger partial charge on any atom is -0.545 e. The molecule has 0 saturated heterocycles. The Morgan fingerprint density at radius 3 is 2.22 bits per heavy atom. The molecule has 0 aliphatic heterocycles. The highest BCUT2D eigenvalue weighted by molar-refractivity contribution is 14.1. The van der Waals surface area contributed by atoms with Crippen LogP contribution in [-0.4, -0.2) is 42.1 Å². The highest BCUT2D eigenvalue weighted by atomic mass is 127. The number of halogens is 7. The molecule has 0 saturated carbocycles. The number of carboxylic acids is 1. The van der Waals surface area contributed by atoms with Crippen molar-refractivity contribution < 1.29 is 46.1 Å². The Balaban J connectivity index is 3.05. The summed E-state index contributed by atoms with van der Waals surface area (Å²) < 4.78 is 83.2. The standard InChI is InChI=1S/C12H9F6IO4/c13-10(14,4-20)12(17,18)11(15,16)5-23-8-3-6(19)1-2-7(8)9(21)22/h1-3,20H,4-5H2,(H,21,22)/p-1. The summed E-state index contributed by atoms with van der Waals surface area (Å²) in [4.78, 5) is 10.8. The number of aromatic carboxylic acids is 1. The average molecular weight is 457 g/mol. The number of aliphatic hydroxyl groups is 1. The Kier molecular flexibility index (Phi) is 5.78. The highest BCUT2D eigenvalue weighted by Gasteiger charge is 2.71. The van der Waals surface area contributed by atoms with Crippen LogP contribution in [0.2, 0.25) is 0 Å². The fourth-order valence-electron chi connectivity index (χ4n) is 1.41. The first-order valence-corrected chi connectivity index (χ1v) is 6.81. The van der Waals surface area contributed by atoms with Gasteiger partial charge in [-0.2, -0.15) is 26.3 Å². The zero-order chi connectivity index (χ0) is 18.1. The minimum absolute atomic E-state index is 0.318. The van der Waals surface area contributed by atoms with Crippen molar-refractivity contribution >= 4 is 28.6 Å². The van der Waals surface area contributed by atoms with E-state index >= 15 is 0 Å². The van der Waals surface area contributed by atoms with Crippen molar-refractivity contribution in [1.82, 2.24) is 0 Å². The van der Waals surface area contributed by atoms with Gasteiger partial charge in [-0.3, -0.25) is 0 Å². The summed E-state index contributed by atoms with van der Waals surface area (Å²) in [5.41, 5.74) is -0.710. The molecule has 4 nitrogen and oxygen atoms in total. The maximum Gasteiger partial charge on any atom is 0.377 e. The summed E-state index contributed by atoms with van der Waals surface area (Å²) in [6.45, 7) is -4.72. The van der Waals surface area contributed by atoms with E-state index < -0.39 is 48.3 Å². The molecule has 0 unspecified atom stereocenters. The lowest BCUT2D eigenvalue weighted by molar-refractivity contribution is -0.321. The maximum absolute atomic E-state index is 13.4. The Hall–Kier alpha value is -1.24. The summed E-state index contributed by atoms with van der Waals surface area (Å²) in [6, 6.07) is 3.11. The molecule has 0 aliphatic rings. The van der Waals surface area contributed by atoms with Gasteiger partial charge in [0.25, 0.3) is 0 Å². The van der Waals surface area contributed by atoms with Gasteiger partial charge >= 0.3 is 17.8 Å². The molecule has 0 atom stereocenters. The number of carbonyl (C=O) groups excluding carboxylic acids is 1. The number of aliphatic hydroxyl groups excluding tert-OH is 1. The molecule has 0 heterocycles. The van der Waals surface area contributed by atoms with E-state index in [1.807, 2.05) is 0 Å². The molecule has 1 rings (SSSR count). The summed E-state index contributed by atoms with van der Waals surface area (Å²) in [6.07, 6.45) is 0. The van der Waals surface area contributed by atoms with E-state index in [0.717, 1.165) is 12.1 Å². The second kappa shape index (κ2) is 6.71. The summed E-state index contributed by atoms with van der Waals surface area (Å²) in [5.74, 6) is -19.2. The largest absolute Gasteiger partial charge is 0.545 e. The fourth-order valence-corrected chi connectivity index (χ4v) is 1.87. The molecule has 11 heteroatoms. The second-order valence-electron chi connectivity index (χ2n) is 4.36. The lowest BCUT2D eigenvalue weighted by Crippen LogP contribution is -2.58. The molecule has 130 valence electrons. The van der Waals surface area contributed by atoms with Crippen LogP contribution >= 0.6 is 22.6 Å². The van der Waals surface area contributed by atoms with E-state index in [1.165, 1.54) is 6.07 Å². The van der Waals surface area contributed by atoms with Crippen LogP contribution in [-0.2, 0) is 0 Å². The predicted octanol–water partition coefficient (Wildman–Crippen LogP) is 1.93. The van der Waals surface area contributed by atoms with E-state index in [4.69, 9.17) is 5.11 Å². The first kappa shape index (κ1) is 19.8. The second-order valence-corrected chi connectivity index (χ2v) is 5.60. The van der Waals surface area contributed by atoms with Gasteiger partial charge in [0.2, 0.25) is 0 Å². The van der Waals surface area contributed by atoms with Crippen molar-refractivity contribution in [1.29, 1.82) is 0 Å². The lowest BCUT2D eigenvalue weighted by atomic mass is 10.1. The maximum atomic E-state index is 13.4. The molecule has 0 aromatic heterocycles. The summed E-state index contributed by atoms with van der Waals surface area (Å²) >= 11 is 1.66. The van der Waals surface area contributed by atoms with Gasteiger partial charge in [0.15, 0.2) is 6.61 Å². The van der Waals surface area contributed by atoms with Crippen LogP contribution in [0.3, 0.4) is 0 Å². The van der Waals surface area contributed by atoms with Gasteiger partial charge in [0.05, 0.1) is 5.97 Å². The first-order chi connectivity index (χ1) is 10.4. The van der Waals surface area contributed by atoms with E-state index in [2.05, 4.69) is 4.74 Å². The van der Waals surface area contributed by atoms with Gasteiger partial charge in [-0.05, 0) is 40.8 Å². The molecule has 0 bridgehead atoms. The number of hydrogen-bond acceptors (Lipinski definition) is 4. The van der Waals surface area contributed by atoms with Gasteiger partial charge in [0.1, 0.15) is 12.4 Å². The van der Waals surface area contributed by atoms with E-state index in [1.54, 1.807) is 22.6 Å². The molecular weight excluding hydrogens is 449 g/mol. The molecule has 0 spiro atoms. The third-order valence-corrected chi connectivity index (χ3v) is 3.36. The number of ether oxygens (including phenoxy) is 1. The molecule has 0 fully saturated rings. The molecule has 1 aromatic carbocycles. The van der Waals surface area contributed by atoms with Crippen LogP contribution in [0.15, 0.2) is 18.2 Å². The van der Waals surface area contributed by atoms with Crippen molar-refractivity contribution in [3.63, 3.8) is 0 Å². The molecule has 0 amide bonds. The topological polar surface area (TPSA) is 69.6 Å². The molecule has 0 radical (unpaired) electrons. The Labute approximate surface area is 139 Å². The van der Waals surface area contributed by atoms with Crippen LogP contribution in [0.1, 0.15) is 10.4 Å². The molecular formula is C12H8F6IO4-. The molecule has 23 heavy (non-hydrogen) atoms. The van der Waals surface area contributed by atoms with Crippen LogP contribution in [0.25, 0.3) is 0 Å². The minimum atomic E-state index is -5.90. The van der Waals surface area contributed by atoms with Gasteiger partial charge < -0.3 is 19.7 Å². The first-order valence-electron chi connectivity index (χ1n) is 5.74. The third kappa shape index (κ3) is 4.00. The zero-order valence-corrected chi connectivity index (χ0v) is 13.1. The Bertz CT molecular complexity index is 593. The predicted molar refractivity (Wildman–Crippen MR) is 70.9 cm³/mol. The SMILES string of the molecule is O=C([O-])c1ccc(I)cc1OCC(F)(F)C(F)(F)C(F)(F)CO. The van der Waals surface area contributed by atoms with E-state index in [-0.39, 0.29) is 0 Å². The van der Waals surface area contributed by atoms with Crippen molar-refractivity contribution in [2.24, 2.45) is 0 Å². The number of hydrogen-bond donors (Lipinski definition) is 1. The molecule has 1 N–H and O–H groups in total. The van der Waals surface area contributed by atoms with Crippen LogP contribution in [0.4, 0.5) is 26.3 Å². The molecule has 1 aromatic rings. The monoisotopic (exact) mass is 457 g/mol. The van der Waals surface area contributed by atoms with Crippen LogP contribution in [0, 0.1) is 3.57 Å². The van der Waals surface area contributed by atoms with Gasteiger partial charge in [-0.1, -0.05) is 0 Å². The van der Waals surface area contributed by atoms with Crippen LogP contribution < -0.4 is 9.84 Å². The van der Waals surface area contributed by atoms with Crippen molar-refractivity contribution in [2.75, 3.05) is 13.2 Å². The smallest absolute Gasteiger partial charge is 0.377 e. The summed E-state index contributed by atoms with van der Waals surface area (Å²) in [5, 5.41) is 18.9. The van der Waals surface area contributed by atoms with Crippen molar-refractivity contribution in [2.45, 2.75) is 17.8 Å². The molecule has 0 aliphatic carbocycles. The van der Waals surface area contributed by atoms with Gasteiger partial charge in [-0.15, -0.1) is 0 Å². The fraction of sp³-hybridized carbons (Fsp3) is 0.417. The number of alkyl halides is 6. The van der Waals surface area contributed by atoms with Gasteiger partial charge in [0, 0.05) is 9.13 Å². The van der Waals surface area contributed by atoms with Crippen molar-refractivity contribution in [3.05, 3.63) is 27.3 Å². The van der Waals surface area contributed by atoms with Crippen molar-refractivity contribution in [3.8, 4) is 5.75 Å². The Morgan fingerprint density at radius 2 is 1.74 bits per heavy atom. The van der Waals surface area contributed by atoms with Crippen LogP contribution in [0.5, 0.6) is 5.75 Å². The quantitative estimate of drug-likeness (QED) is 0.502. The highest BCUT2D eigenvalue weighted by Crippen LogP contribution is 2.45. The number of benzene rings is 1. The normalized spacial score (nSPS) is 13.0. The number of carboxylic acid groups (broad SMARTS) is 1. The Morgan fingerprint density at radius 1 is 1.17 bits per heavy atom. The van der Waals surface area contributed by atoms with E-state index in [0.29, 0.717) is 3.57 Å². The average Bonchev–Trinajstić information content (AvgIpc) is 2.44. The summed E-state index contributed by atoms with van der Waals surface area (Å²) in [7, 11) is 0. The number of rotatable bonds is 7. The zero-order valence-electron chi connectivity index (χ0n) is 11.0. The lowest BCUT2D eigenvalue weighted by Gasteiger charge is -2.31.